The van der Waals surface area contributed by atoms with E-state index < -0.39 is 0 Å². The Morgan fingerprint density at radius 3 is 2.62 bits per heavy atom. The summed E-state index contributed by atoms with van der Waals surface area (Å²) in [4.78, 5) is 17.1. The fourth-order valence-electron chi connectivity index (χ4n) is 3.13. The van der Waals surface area contributed by atoms with E-state index in [1.807, 2.05) is 29.2 Å². The van der Waals surface area contributed by atoms with Crippen molar-refractivity contribution in [3.05, 3.63) is 60.1 Å². The van der Waals surface area contributed by atoms with Crippen molar-refractivity contribution in [3.8, 4) is 0 Å². The first-order chi connectivity index (χ1) is 11.7. The summed E-state index contributed by atoms with van der Waals surface area (Å²) >= 11 is 0. The monoisotopic (exact) mass is 327 g/mol. The number of rotatable bonds is 5. The lowest BCUT2D eigenvalue weighted by molar-refractivity contribution is 0.127. The summed E-state index contributed by atoms with van der Waals surface area (Å²) in [5, 5.41) is 3.03. The van der Waals surface area contributed by atoms with Crippen LogP contribution in [-0.4, -0.2) is 42.0 Å². The van der Waals surface area contributed by atoms with Crippen molar-refractivity contribution in [2.24, 2.45) is 0 Å². The maximum atomic E-state index is 12.8. The molecule has 2 amide bonds. The van der Waals surface area contributed by atoms with E-state index in [0.29, 0.717) is 13.1 Å². The molecule has 0 unspecified atom stereocenters. The van der Waals surface area contributed by atoms with E-state index in [1.165, 1.54) is 0 Å². The molecule has 1 saturated heterocycles. The van der Waals surface area contributed by atoms with Crippen LogP contribution in [0.2, 0.25) is 0 Å². The van der Waals surface area contributed by atoms with Crippen LogP contribution in [0.1, 0.15) is 24.0 Å². The van der Waals surface area contributed by atoms with Gasteiger partial charge in [-0.1, -0.05) is 30.3 Å². The van der Waals surface area contributed by atoms with Crippen molar-refractivity contribution in [1.29, 1.82) is 0 Å². The van der Waals surface area contributed by atoms with E-state index in [2.05, 4.69) is 29.4 Å². The molecule has 2 aromatic rings. The molecule has 0 bridgehead atoms. The van der Waals surface area contributed by atoms with Gasteiger partial charge >= 0.3 is 6.03 Å². The lowest BCUT2D eigenvalue weighted by Gasteiger charge is -2.37. The Balaban J connectivity index is 1.67. The number of carbonyl (C=O) groups is 1. The smallest absolute Gasteiger partial charge is 0.318 e. The van der Waals surface area contributed by atoms with Gasteiger partial charge in [0.2, 0.25) is 0 Å². The zero-order valence-electron chi connectivity index (χ0n) is 14.1. The fraction of sp³-hybridized carbons (Fsp3) is 0.421. The Morgan fingerprint density at radius 2 is 1.96 bits per heavy atom. The van der Waals surface area contributed by atoms with Crippen LogP contribution in [0, 0.1) is 0 Å². The first-order valence-electron chi connectivity index (χ1n) is 8.50. The number of benzene rings is 1. The van der Waals surface area contributed by atoms with Gasteiger partial charge in [0.05, 0.1) is 12.5 Å². The predicted octanol–water partition coefficient (Wildman–Crippen LogP) is 3.09. The number of likely N-dealkylation sites (tertiary alicyclic amines) is 1. The number of nitrogens with one attached hydrogen (secondary N) is 1. The number of piperidine rings is 1. The van der Waals surface area contributed by atoms with Crippen LogP contribution < -0.4 is 5.32 Å². The summed E-state index contributed by atoms with van der Waals surface area (Å²) in [5.74, 6) is 0. The third-order valence-corrected chi connectivity index (χ3v) is 4.61. The summed E-state index contributed by atoms with van der Waals surface area (Å²) in [6.45, 7) is 3.20. The Hall–Kier alpha value is -2.27. The van der Waals surface area contributed by atoms with Gasteiger partial charge in [-0.25, -0.2) is 4.79 Å². The number of hydrogen-bond donors (Lipinski definition) is 1. The second-order valence-electron chi connectivity index (χ2n) is 6.44. The van der Waals surface area contributed by atoms with E-state index in [0.717, 1.165) is 37.1 Å². The van der Waals surface area contributed by atoms with Crippen molar-refractivity contribution in [2.45, 2.75) is 32.0 Å². The molecule has 1 aromatic heterocycles. The van der Waals surface area contributed by atoms with Crippen LogP contribution in [0.25, 0.3) is 0 Å². The third kappa shape index (κ3) is 4.38. The van der Waals surface area contributed by atoms with Crippen LogP contribution in [0.15, 0.2) is 53.3 Å². The van der Waals surface area contributed by atoms with Crippen molar-refractivity contribution in [3.63, 3.8) is 0 Å². The molecule has 0 radical (unpaired) electrons. The fourth-order valence-corrected chi connectivity index (χ4v) is 3.13. The highest BCUT2D eigenvalue weighted by Gasteiger charge is 2.27. The SMILES string of the molecule is CN1CCC(N(Cc2ccccc2)C(=O)NCc2ccoc2)CC1. The average Bonchev–Trinajstić information content (AvgIpc) is 3.13. The predicted molar refractivity (Wildman–Crippen MR) is 93.4 cm³/mol. The van der Waals surface area contributed by atoms with Gasteiger partial charge in [0.15, 0.2) is 0 Å². The number of furan rings is 1. The maximum Gasteiger partial charge on any atom is 0.318 e. The van der Waals surface area contributed by atoms with Gasteiger partial charge in [-0.2, -0.15) is 0 Å². The molecule has 0 aliphatic carbocycles. The van der Waals surface area contributed by atoms with Crippen molar-refractivity contribution < 1.29 is 9.21 Å². The highest BCUT2D eigenvalue weighted by atomic mass is 16.3. The number of amides is 2. The van der Waals surface area contributed by atoms with Crippen molar-refractivity contribution >= 4 is 6.03 Å². The van der Waals surface area contributed by atoms with Crippen LogP contribution in [-0.2, 0) is 13.1 Å². The highest BCUT2D eigenvalue weighted by molar-refractivity contribution is 5.74. The van der Waals surface area contributed by atoms with Crippen LogP contribution in [0.5, 0.6) is 0 Å². The van der Waals surface area contributed by atoms with E-state index in [1.54, 1.807) is 12.5 Å². The van der Waals surface area contributed by atoms with Crippen LogP contribution in [0.3, 0.4) is 0 Å². The first-order valence-corrected chi connectivity index (χ1v) is 8.50. The Labute approximate surface area is 143 Å². The normalized spacial score (nSPS) is 16.0. The van der Waals surface area contributed by atoms with Gasteiger partial charge in [-0.3, -0.25) is 0 Å². The average molecular weight is 327 g/mol. The molecule has 1 fully saturated rings. The summed E-state index contributed by atoms with van der Waals surface area (Å²) < 4.78 is 5.06. The first kappa shape index (κ1) is 16.6. The third-order valence-electron chi connectivity index (χ3n) is 4.61. The van der Waals surface area contributed by atoms with E-state index in [4.69, 9.17) is 4.42 Å². The van der Waals surface area contributed by atoms with E-state index in [-0.39, 0.29) is 12.1 Å². The van der Waals surface area contributed by atoms with Crippen molar-refractivity contribution in [1.82, 2.24) is 15.1 Å². The molecule has 1 N–H and O–H groups in total. The largest absolute Gasteiger partial charge is 0.472 e. The molecule has 2 heterocycles. The molecular weight excluding hydrogens is 302 g/mol. The maximum absolute atomic E-state index is 12.8. The lowest BCUT2D eigenvalue weighted by atomic mass is 10.0. The molecule has 1 aromatic carbocycles. The Morgan fingerprint density at radius 1 is 1.21 bits per heavy atom. The number of carbonyl (C=O) groups excluding carboxylic acids is 1. The van der Waals surface area contributed by atoms with Gasteiger partial charge in [-0.15, -0.1) is 0 Å². The molecule has 0 saturated carbocycles. The zero-order valence-corrected chi connectivity index (χ0v) is 14.1. The summed E-state index contributed by atoms with van der Waals surface area (Å²) in [6, 6.07) is 12.3. The molecule has 5 nitrogen and oxygen atoms in total. The second kappa shape index (κ2) is 8.02. The highest BCUT2D eigenvalue weighted by Crippen LogP contribution is 2.18. The molecule has 24 heavy (non-hydrogen) atoms. The number of hydrogen-bond acceptors (Lipinski definition) is 3. The molecule has 1 aliphatic heterocycles. The number of nitrogens with zero attached hydrogens (tertiary/aromatic N) is 2. The molecule has 3 rings (SSSR count). The lowest BCUT2D eigenvalue weighted by Crippen LogP contribution is -2.49. The molecule has 0 atom stereocenters. The minimum absolute atomic E-state index is 0.00499. The molecule has 5 heteroatoms. The zero-order chi connectivity index (χ0) is 16.8. The van der Waals surface area contributed by atoms with Gasteiger partial charge in [0.1, 0.15) is 0 Å². The molecule has 0 spiro atoms. The minimum Gasteiger partial charge on any atom is -0.472 e. The van der Waals surface area contributed by atoms with E-state index >= 15 is 0 Å². The summed E-state index contributed by atoms with van der Waals surface area (Å²) in [5.41, 5.74) is 2.14. The number of urea groups is 1. The van der Waals surface area contributed by atoms with E-state index in [9.17, 15) is 4.79 Å². The summed E-state index contributed by atoms with van der Waals surface area (Å²) in [6.07, 6.45) is 5.32. The van der Waals surface area contributed by atoms with Gasteiger partial charge in [-0.05, 0) is 44.6 Å². The molecular formula is C19H25N3O2. The Bertz CT molecular complexity index is 619. The van der Waals surface area contributed by atoms with Crippen LogP contribution in [0.4, 0.5) is 4.79 Å². The molecule has 1 aliphatic rings. The van der Waals surface area contributed by atoms with Crippen LogP contribution >= 0.6 is 0 Å². The topological polar surface area (TPSA) is 48.7 Å². The van der Waals surface area contributed by atoms with Gasteiger partial charge < -0.3 is 19.5 Å². The molecule has 128 valence electrons. The second-order valence-corrected chi connectivity index (χ2v) is 6.44. The quantitative estimate of drug-likeness (QED) is 0.918. The Kier molecular flexibility index (Phi) is 5.54. The standard InChI is InChI=1S/C19H25N3O2/c1-21-10-7-18(8-11-21)22(14-16-5-3-2-4-6-16)19(23)20-13-17-9-12-24-15-17/h2-6,9,12,15,18H,7-8,10-11,13-14H2,1H3,(H,20,23). The van der Waals surface area contributed by atoms with Crippen molar-refractivity contribution in [2.75, 3.05) is 20.1 Å². The minimum atomic E-state index is -0.00499. The van der Waals surface area contributed by atoms with Gasteiger partial charge in [0.25, 0.3) is 0 Å². The summed E-state index contributed by atoms with van der Waals surface area (Å²) in [7, 11) is 2.14. The van der Waals surface area contributed by atoms with Gasteiger partial charge in [0, 0.05) is 24.7 Å².